The van der Waals surface area contributed by atoms with Crippen LogP contribution in [0.4, 0.5) is 4.39 Å². The molecule has 2 atom stereocenters. The molecule has 142 valence electrons. The van der Waals surface area contributed by atoms with Gasteiger partial charge in [-0.05, 0) is 50.6 Å². The van der Waals surface area contributed by atoms with E-state index in [0.717, 1.165) is 36.5 Å². The first kappa shape index (κ1) is 17.9. The van der Waals surface area contributed by atoms with Gasteiger partial charge in [-0.1, -0.05) is 0 Å². The zero-order chi connectivity index (χ0) is 18.8. The van der Waals surface area contributed by atoms with Crippen LogP contribution in [0.25, 0.3) is 0 Å². The minimum atomic E-state index is -0.639. The lowest BCUT2D eigenvalue weighted by molar-refractivity contribution is -0.138. The molecule has 0 unspecified atom stereocenters. The van der Waals surface area contributed by atoms with Gasteiger partial charge in [0, 0.05) is 31.3 Å². The Bertz CT molecular complexity index is 821. The molecule has 2 aromatic rings. The van der Waals surface area contributed by atoms with E-state index in [2.05, 4.69) is 10.3 Å². The fourth-order valence-corrected chi connectivity index (χ4v) is 3.62. The minimum Gasteiger partial charge on any atom is -0.481 e. The fourth-order valence-electron chi connectivity index (χ4n) is 3.62. The monoisotopic (exact) mass is 370 g/mol. The summed E-state index contributed by atoms with van der Waals surface area (Å²) in [7, 11) is 0. The van der Waals surface area contributed by atoms with Crippen molar-refractivity contribution in [3.05, 3.63) is 53.4 Å². The van der Waals surface area contributed by atoms with Crippen molar-refractivity contribution in [2.45, 2.75) is 44.9 Å². The number of carbonyl (C=O) groups excluding carboxylic acids is 1. The highest BCUT2D eigenvalue weighted by molar-refractivity contribution is 5.81. The largest absolute Gasteiger partial charge is 0.481 e. The third-order valence-electron chi connectivity index (χ3n) is 5.11. The highest BCUT2D eigenvalue weighted by Crippen LogP contribution is 2.24. The summed E-state index contributed by atoms with van der Waals surface area (Å²) in [6, 6.07) is 5.93. The first-order valence-electron chi connectivity index (χ1n) is 9.39. The number of hydrogen-bond donors (Lipinski definition) is 1. The van der Waals surface area contributed by atoms with E-state index in [1.54, 1.807) is 11.8 Å². The number of fused-ring (bicyclic) bond motifs is 1. The van der Waals surface area contributed by atoms with Gasteiger partial charge < -0.3 is 15.0 Å². The molecule has 1 fully saturated rings. The summed E-state index contributed by atoms with van der Waals surface area (Å²) < 4.78 is 18.7. The van der Waals surface area contributed by atoms with Crippen LogP contribution in [0.5, 0.6) is 5.75 Å². The van der Waals surface area contributed by atoms with Crippen LogP contribution in [0.1, 0.15) is 42.9 Å². The summed E-state index contributed by atoms with van der Waals surface area (Å²) >= 11 is 0. The molecule has 2 aliphatic heterocycles. The molecule has 7 heteroatoms. The van der Waals surface area contributed by atoms with E-state index >= 15 is 0 Å². The summed E-state index contributed by atoms with van der Waals surface area (Å²) in [6.07, 6.45) is 4.15. The average Bonchev–Trinajstić information content (AvgIpc) is 3.23. The maximum absolute atomic E-state index is 13.0. The molecule has 3 heterocycles. The molecular weight excluding hydrogens is 347 g/mol. The number of nitrogens with zero attached hydrogens (tertiary/aromatic N) is 3. The van der Waals surface area contributed by atoms with Crippen LogP contribution in [0, 0.1) is 5.82 Å². The number of aromatic nitrogens is 2. The molecule has 1 saturated heterocycles. The topological polar surface area (TPSA) is 67.3 Å². The van der Waals surface area contributed by atoms with Crippen LogP contribution in [-0.2, 0) is 17.8 Å². The second-order valence-corrected chi connectivity index (χ2v) is 7.07. The molecule has 27 heavy (non-hydrogen) atoms. The number of halogens is 1. The molecule has 6 nitrogen and oxygen atoms in total. The molecule has 1 aromatic carbocycles. The maximum Gasteiger partial charge on any atom is 0.263 e. The van der Waals surface area contributed by atoms with E-state index in [9.17, 15) is 9.18 Å². The second kappa shape index (κ2) is 7.60. The number of hydrogen-bond acceptors (Lipinski definition) is 5. The standard InChI is InChI=1S/C20H23FN4O2/c1-13(27-16-6-4-15(21)5-7-16)20(26)25-10-8-17-14(12-25)11-23-19(24-17)18-3-2-9-22-18/h4-7,11,13,18,22H,2-3,8-10,12H2,1H3/t13-,18+/m0/s1. The van der Waals surface area contributed by atoms with Gasteiger partial charge in [-0.25, -0.2) is 14.4 Å². The van der Waals surface area contributed by atoms with Crippen LogP contribution in [-0.4, -0.2) is 40.0 Å². The molecule has 1 aromatic heterocycles. The molecule has 0 spiro atoms. The molecule has 0 bridgehead atoms. The van der Waals surface area contributed by atoms with Crippen molar-refractivity contribution >= 4 is 5.91 Å². The molecule has 0 radical (unpaired) electrons. The van der Waals surface area contributed by atoms with E-state index in [-0.39, 0.29) is 17.8 Å². The molecule has 0 saturated carbocycles. The van der Waals surface area contributed by atoms with Crippen molar-refractivity contribution in [3.8, 4) is 5.75 Å². The summed E-state index contributed by atoms with van der Waals surface area (Å²) in [5.41, 5.74) is 2.02. The van der Waals surface area contributed by atoms with Crippen molar-refractivity contribution in [2.24, 2.45) is 0 Å². The van der Waals surface area contributed by atoms with Gasteiger partial charge in [0.05, 0.1) is 11.7 Å². The molecular formula is C20H23FN4O2. The Morgan fingerprint density at radius 3 is 2.93 bits per heavy atom. The number of nitrogens with one attached hydrogen (secondary N) is 1. The van der Waals surface area contributed by atoms with Gasteiger partial charge in [-0.3, -0.25) is 4.79 Å². The summed E-state index contributed by atoms with van der Waals surface area (Å²) in [5.74, 6) is 0.915. The minimum absolute atomic E-state index is 0.0912. The van der Waals surface area contributed by atoms with Crippen LogP contribution < -0.4 is 10.1 Å². The van der Waals surface area contributed by atoms with Gasteiger partial charge >= 0.3 is 0 Å². The Labute approximate surface area is 157 Å². The zero-order valence-corrected chi connectivity index (χ0v) is 15.3. The lowest BCUT2D eigenvalue weighted by Gasteiger charge is -2.30. The third kappa shape index (κ3) is 3.93. The van der Waals surface area contributed by atoms with E-state index in [4.69, 9.17) is 9.72 Å². The summed E-state index contributed by atoms with van der Waals surface area (Å²) in [6.45, 7) is 3.83. The van der Waals surface area contributed by atoms with Crippen molar-refractivity contribution in [1.29, 1.82) is 0 Å². The van der Waals surface area contributed by atoms with E-state index < -0.39 is 6.10 Å². The Morgan fingerprint density at radius 2 is 2.19 bits per heavy atom. The third-order valence-corrected chi connectivity index (χ3v) is 5.11. The molecule has 4 rings (SSSR count). The number of carbonyl (C=O) groups is 1. The molecule has 1 amide bonds. The fraction of sp³-hybridized carbons (Fsp3) is 0.450. The Morgan fingerprint density at radius 1 is 1.37 bits per heavy atom. The quantitative estimate of drug-likeness (QED) is 0.895. The van der Waals surface area contributed by atoms with Crippen molar-refractivity contribution in [2.75, 3.05) is 13.1 Å². The van der Waals surface area contributed by atoms with Crippen molar-refractivity contribution < 1.29 is 13.9 Å². The van der Waals surface area contributed by atoms with E-state index in [0.29, 0.717) is 25.3 Å². The molecule has 1 N–H and O–H groups in total. The molecule has 2 aliphatic rings. The summed E-state index contributed by atoms with van der Waals surface area (Å²) in [5, 5.41) is 3.42. The Kier molecular flexibility index (Phi) is 5.03. The van der Waals surface area contributed by atoms with Gasteiger partial charge in [-0.2, -0.15) is 0 Å². The van der Waals surface area contributed by atoms with Crippen molar-refractivity contribution in [1.82, 2.24) is 20.2 Å². The van der Waals surface area contributed by atoms with Gasteiger partial charge in [-0.15, -0.1) is 0 Å². The maximum atomic E-state index is 13.0. The lowest BCUT2D eigenvalue weighted by Crippen LogP contribution is -2.43. The lowest BCUT2D eigenvalue weighted by atomic mass is 10.1. The van der Waals surface area contributed by atoms with Crippen LogP contribution in [0.15, 0.2) is 30.5 Å². The van der Waals surface area contributed by atoms with Crippen LogP contribution in [0.3, 0.4) is 0 Å². The van der Waals surface area contributed by atoms with E-state index in [1.807, 2.05) is 6.20 Å². The molecule has 0 aliphatic carbocycles. The predicted molar refractivity (Wildman–Crippen MR) is 97.6 cm³/mol. The highest BCUT2D eigenvalue weighted by atomic mass is 19.1. The van der Waals surface area contributed by atoms with E-state index in [1.165, 1.54) is 24.3 Å². The van der Waals surface area contributed by atoms with Crippen LogP contribution >= 0.6 is 0 Å². The van der Waals surface area contributed by atoms with Crippen LogP contribution in [0.2, 0.25) is 0 Å². The first-order chi connectivity index (χ1) is 13.1. The van der Waals surface area contributed by atoms with Gasteiger partial charge in [0.1, 0.15) is 17.4 Å². The Balaban J connectivity index is 1.40. The highest BCUT2D eigenvalue weighted by Gasteiger charge is 2.28. The number of benzene rings is 1. The van der Waals surface area contributed by atoms with Gasteiger partial charge in [0.25, 0.3) is 5.91 Å². The smallest absolute Gasteiger partial charge is 0.263 e. The number of ether oxygens (including phenoxy) is 1. The SMILES string of the molecule is C[C@H](Oc1ccc(F)cc1)C(=O)N1CCc2nc([C@H]3CCCN3)ncc2C1. The van der Waals surface area contributed by atoms with Crippen molar-refractivity contribution in [3.63, 3.8) is 0 Å². The normalized spacial score (nSPS) is 20.2. The second-order valence-electron chi connectivity index (χ2n) is 7.07. The zero-order valence-electron chi connectivity index (χ0n) is 15.3. The predicted octanol–water partition coefficient (Wildman–Crippen LogP) is 2.39. The number of rotatable bonds is 4. The van der Waals surface area contributed by atoms with Gasteiger partial charge in [0.15, 0.2) is 6.10 Å². The summed E-state index contributed by atoms with van der Waals surface area (Å²) in [4.78, 5) is 23.7. The first-order valence-corrected chi connectivity index (χ1v) is 9.39. The van der Waals surface area contributed by atoms with Gasteiger partial charge in [0.2, 0.25) is 0 Å². The average molecular weight is 370 g/mol. The number of amides is 1. The Hall–Kier alpha value is -2.54.